The number of urea groups is 1. The van der Waals surface area contributed by atoms with E-state index in [2.05, 4.69) is 43.5 Å². The van der Waals surface area contributed by atoms with Gasteiger partial charge in [-0.2, -0.15) is 0 Å². The molecule has 2 rings (SSSR count). The highest BCUT2D eigenvalue weighted by atomic mass is 35.5. The highest BCUT2D eigenvalue weighted by Gasteiger charge is 2.19. The molecular weight excluding hydrogens is 372 g/mol. The largest absolute Gasteiger partial charge is 0.396 e. The number of benzene rings is 2. The third kappa shape index (κ3) is 6.84. The molecule has 0 spiro atoms. The van der Waals surface area contributed by atoms with Crippen molar-refractivity contribution in [2.75, 3.05) is 13.2 Å². The summed E-state index contributed by atoms with van der Waals surface area (Å²) >= 11 is 6.21. The van der Waals surface area contributed by atoms with Crippen LogP contribution in [0.5, 0.6) is 0 Å². The van der Waals surface area contributed by atoms with E-state index in [9.17, 15) is 9.90 Å². The second kappa shape index (κ2) is 11.1. The number of hydrogen-bond donors (Lipinski definition) is 3. The molecule has 0 aliphatic carbocycles. The highest BCUT2D eigenvalue weighted by Crippen LogP contribution is 2.24. The summed E-state index contributed by atoms with van der Waals surface area (Å²) in [6.07, 6.45) is 1.48. The number of halogens is 1. The van der Waals surface area contributed by atoms with Gasteiger partial charge in [0.15, 0.2) is 0 Å². The van der Waals surface area contributed by atoms with Gasteiger partial charge in [-0.1, -0.05) is 67.9 Å². The van der Waals surface area contributed by atoms with Crippen LogP contribution in [-0.2, 0) is 6.42 Å². The maximum atomic E-state index is 12.5. The van der Waals surface area contributed by atoms with Crippen LogP contribution in [0.15, 0.2) is 48.5 Å². The number of nitrogens with one attached hydrogen (secondary N) is 2. The van der Waals surface area contributed by atoms with Gasteiger partial charge in [0.25, 0.3) is 0 Å². The van der Waals surface area contributed by atoms with E-state index in [1.54, 1.807) is 0 Å². The van der Waals surface area contributed by atoms with E-state index in [0.717, 1.165) is 17.5 Å². The van der Waals surface area contributed by atoms with Gasteiger partial charge < -0.3 is 15.7 Å². The van der Waals surface area contributed by atoms with Crippen molar-refractivity contribution in [2.45, 2.75) is 39.7 Å². The minimum atomic E-state index is -0.216. The Bertz CT molecular complexity index is 764. The zero-order valence-electron chi connectivity index (χ0n) is 16.9. The molecule has 0 radical (unpaired) electrons. The molecule has 0 aliphatic heterocycles. The molecule has 0 saturated carbocycles. The first-order chi connectivity index (χ1) is 13.4. The summed E-state index contributed by atoms with van der Waals surface area (Å²) in [4.78, 5) is 12.5. The minimum Gasteiger partial charge on any atom is -0.396 e. The highest BCUT2D eigenvalue weighted by molar-refractivity contribution is 6.31. The molecule has 0 aromatic heterocycles. The van der Waals surface area contributed by atoms with E-state index in [-0.39, 0.29) is 24.6 Å². The molecule has 0 saturated heterocycles. The van der Waals surface area contributed by atoms with Crippen LogP contribution in [-0.4, -0.2) is 24.3 Å². The smallest absolute Gasteiger partial charge is 0.315 e. The van der Waals surface area contributed by atoms with Gasteiger partial charge in [-0.25, -0.2) is 4.79 Å². The van der Waals surface area contributed by atoms with Gasteiger partial charge >= 0.3 is 6.03 Å². The number of aryl methyl sites for hydroxylation is 1. The quantitative estimate of drug-likeness (QED) is 0.559. The molecule has 4 nitrogen and oxygen atoms in total. The van der Waals surface area contributed by atoms with Crippen LogP contribution >= 0.6 is 11.6 Å². The fourth-order valence-corrected chi connectivity index (χ4v) is 3.55. The van der Waals surface area contributed by atoms with E-state index >= 15 is 0 Å². The maximum Gasteiger partial charge on any atom is 0.315 e. The standard InChI is InChI=1S/C23H31ClN2O2/c1-16(2)12-22(20-10-6-4-8-17(20)3)26-23(28)25-14-18(15-27)13-19-9-5-7-11-21(19)24/h4-11,16,18,22,27H,12-15H2,1-3H3,(H2,25,26,28). The summed E-state index contributed by atoms with van der Waals surface area (Å²) in [6, 6.07) is 15.5. The molecule has 2 amide bonds. The molecule has 2 unspecified atom stereocenters. The van der Waals surface area contributed by atoms with E-state index in [4.69, 9.17) is 11.6 Å². The van der Waals surface area contributed by atoms with Crippen molar-refractivity contribution in [2.24, 2.45) is 11.8 Å². The van der Waals surface area contributed by atoms with Crippen molar-refractivity contribution < 1.29 is 9.90 Å². The normalized spacial score (nSPS) is 13.2. The lowest BCUT2D eigenvalue weighted by atomic mass is 9.94. The Kier molecular flexibility index (Phi) is 8.81. The summed E-state index contributed by atoms with van der Waals surface area (Å²) in [5.74, 6) is 0.364. The molecule has 2 atom stereocenters. The van der Waals surface area contributed by atoms with E-state index in [1.165, 1.54) is 5.56 Å². The molecule has 28 heavy (non-hydrogen) atoms. The number of hydrogen-bond acceptors (Lipinski definition) is 2. The zero-order chi connectivity index (χ0) is 20.5. The van der Waals surface area contributed by atoms with Crippen LogP contribution in [0, 0.1) is 18.8 Å². The SMILES string of the molecule is Cc1ccccc1C(CC(C)C)NC(=O)NCC(CO)Cc1ccccc1Cl. The number of rotatable bonds is 9. The average Bonchev–Trinajstić information content (AvgIpc) is 2.66. The van der Waals surface area contributed by atoms with Crippen molar-refractivity contribution in [1.82, 2.24) is 10.6 Å². The molecule has 2 aromatic rings. The van der Waals surface area contributed by atoms with Crippen LogP contribution in [0.1, 0.15) is 43.0 Å². The van der Waals surface area contributed by atoms with Gasteiger partial charge in [-0.05, 0) is 48.4 Å². The predicted octanol–water partition coefficient (Wildman–Crippen LogP) is 4.89. The summed E-state index contributed by atoms with van der Waals surface area (Å²) in [6.45, 7) is 6.73. The number of aliphatic hydroxyl groups is 1. The molecule has 0 fully saturated rings. The Labute approximate surface area is 173 Å². The predicted molar refractivity (Wildman–Crippen MR) is 116 cm³/mol. The van der Waals surface area contributed by atoms with Crippen LogP contribution in [0.4, 0.5) is 4.79 Å². The molecule has 2 aromatic carbocycles. The average molecular weight is 403 g/mol. The minimum absolute atomic E-state index is 0.0152. The van der Waals surface area contributed by atoms with Crippen LogP contribution in [0.2, 0.25) is 5.02 Å². The van der Waals surface area contributed by atoms with Gasteiger partial charge in [0.1, 0.15) is 0 Å². The first-order valence-corrected chi connectivity index (χ1v) is 10.2. The van der Waals surface area contributed by atoms with Crippen molar-refractivity contribution in [3.8, 4) is 0 Å². The lowest BCUT2D eigenvalue weighted by Crippen LogP contribution is -2.41. The third-order valence-electron chi connectivity index (χ3n) is 4.85. The molecule has 0 heterocycles. The first kappa shape index (κ1) is 22.3. The monoisotopic (exact) mass is 402 g/mol. The van der Waals surface area contributed by atoms with Crippen LogP contribution in [0.25, 0.3) is 0 Å². The summed E-state index contributed by atoms with van der Waals surface area (Å²) in [5, 5.41) is 16.4. The molecule has 3 N–H and O–H groups in total. The van der Waals surface area contributed by atoms with Crippen LogP contribution in [0.3, 0.4) is 0 Å². The molecule has 5 heteroatoms. The lowest BCUT2D eigenvalue weighted by Gasteiger charge is -2.24. The van der Waals surface area contributed by atoms with Gasteiger partial charge in [-0.3, -0.25) is 0 Å². The van der Waals surface area contributed by atoms with Crippen molar-refractivity contribution in [1.29, 1.82) is 0 Å². The van der Waals surface area contributed by atoms with Crippen molar-refractivity contribution in [3.05, 3.63) is 70.2 Å². The van der Waals surface area contributed by atoms with Crippen molar-refractivity contribution >= 4 is 17.6 Å². The lowest BCUT2D eigenvalue weighted by molar-refractivity contribution is 0.212. The number of carbonyl (C=O) groups excluding carboxylic acids is 1. The van der Waals surface area contributed by atoms with Gasteiger partial charge in [-0.15, -0.1) is 0 Å². The Balaban J connectivity index is 1.96. The molecule has 0 bridgehead atoms. The summed E-state index contributed by atoms with van der Waals surface area (Å²) in [7, 11) is 0. The van der Waals surface area contributed by atoms with Crippen molar-refractivity contribution in [3.63, 3.8) is 0 Å². The Morgan fingerprint density at radius 3 is 2.43 bits per heavy atom. The van der Waals surface area contributed by atoms with E-state index in [1.807, 2.05) is 36.4 Å². The third-order valence-corrected chi connectivity index (χ3v) is 5.22. The summed E-state index contributed by atoms with van der Waals surface area (Å²) in [5.41, 5.74) is 3.28. The fraction of sp³-hybridized carbons (Fsp3) is 0.435. The molecule has 0 aliphatic rings. The van der Waals surface area contributed by atoms with Crippen LogP contribution < -0.4 is 10.6 Å². The molecule has 152 valence electrons. The Morgan fingerprint density at radius 2 is 1.79 bits per heavy atom. The second-order valence-electron chi connectivity index (χ2n) is 7.74. The van der Waals surface area contributed by atoms with Gasteiger partial charge in [0.05, 0.1) is 6.04 Å². The van der Waals surface area contributed by atoms with Gasteiger partial charge in [0.2, 0.25) is 0 Å². The Morgan fingerprint density at radius 1 is 1.11 bits per heavy atom. The number of carbonyl (C=O) groups is 1. The summed E-state index contributed by atoms with van der Waals surface area (Å²) < 4.78 is 0. The van der Waals surface area contributed by atoms with E-state index < -0.39 is 0 Å². The zero-order valence-corrected chi connectivity index (χ0v) is 17.7. The fourth-order valence-electron chi connectivity index (χ4n) is 3.34. The second-order valence-corrected chi connectivity index (χ2v) is 8.14. The van der Waals surface area contributed by atoms with E-state index in [0.29, 0.717) is 23.9 Å². The number of aliphatic hydroxyl groups excluding tert-OH is 1. The first-order valence-electron chi connectivity index (χ1n) is 9.84. The molecular formula is C23H31ClN2O2. The van der Waals surface area contributed by atoms with Gasteiger partial charge in [0, 0.05) is 24.1 Å². The maximum absolute atomic E-state index is 12.5. The number of amides is 2. The Hall–Kier alpha value is -2.04. The topological polar surface area (TPSA) is 61.4 Å².